The van der Waals surface area contributed by atoms with Gasteiger partial charge in [-0.3, -0.25) is 4.79 Å². The zero-order chi connectivity index (χ0) is 9.42. The molecule has 0 bridgehead atoms. The van der Waals surface area contributed by atoms with Crippen LogP contribution in [0.3, 0.4) is 0 Å². The van der Waals surface area contributed by atoms with Gasteiger partial charge >= 0.3 is 0 Å². The largest absolute Gasteiger partial charge is 0.300 e. The summed E-state index contributed by atoms with van der Waals surface area (Å²) in [5, 5.41) is 7.94. The maximum atomic E-state index is 10.8. The van der Waals surface area contributed by atoms with E-state index in [1.165, 1.54) is 0 Å². The molecule has 0 N–H and O–H groups in total. The Balaban J connectivity index is 2.29. The van der Waals surface area contributed by atoms with Crippen molar-refractivity contribution in [3.05, 3.63) is 21.9 Å². The normalized spacial score (nSPS) is 17.2. The van der Waals surface area contributed by atoms with E-state index in [1.807, 2.05) is 0 Å². The standard InChI is InChI=1S/C8H6Cl2N2O/c9-7-3-6(8(10)12-11-7)4-1-5(13)2-4/h3-4H,1-2H2. The van der Waals surface area contributed by atoms with E-state index < -0.39 is 0 Å². The summed E-state index contributed by atoms with van der Waals surface area (Å²) in [6, 6.07) is 1.67. The summed E-state index contributed by atoms with van der Waals surface area (Å²) in [6.07, 6.45) is 1.09. The highest BCUT2D eigenvalue weighted by Gasteiger charge is 2.30. The van der Waals surface area contributed by atoms with Crippen LogP contribution in [0.5, 0.6) is 0 Å². The van der Waals surface area contributed by atoms with E-state index in [1.54, 1.807) is 6.07 Å². The first kappa shape index (κ1) is 8.91. The van der Waals surface area contributed by atoms with Crippen LogP contribution >= 0.6 is 23.2 Å². The van der Waals surface area contributed by atoms with E-state index in [0.29, 0.717) is 23.1 Å². The number of rotatable bonds is 1. The number of hydrogen-bond donors (Lipinski definition) is 0. The third-order valence-corrected chi connectivity index (χ3v) is 2.61. The first-order valence-corrected chi connectivity index (χ1v) is 4.62. The molecule has 0 saturated heterocycles. The Kier molecular flexibility index (Phi) is 2.22. The highest BCUT2D eigenvalue weighted by atomic mass is 35.5. The molecular formula is C8H6Cl2N2O. The summed E-state index contributed by atoms with van der Waals surface area (Å²) in [7, 11) is 0. The molecule has 1 aromatic rings. The number of aromatic nitrogens is 2. The molecule has 68 valence electrons. The third kappa shape index (κ3) is 1.67. The molecule has 3 nitrogen and oxygen atoms in total. The fourth-order valence-electron chi connectivity index (χ4n) is 1.36. The van der Waals surface area contributed by atoms with Crippen LogP contribution in [0.15, 0.2) is 6.07 Å². The van der Waals surface area contributed by atoms with Crippen molar-refractivity contribution in [2.24, 2.45) is 0 Å². The van der Waals surface area contributed by atoms with E-state index in [-0.39, 0.29) is 11.7 Å². The monoisotopic (exact) mass is 216 g/mol. The van der Waals surface area contributed by atoms with Gasteiger partial charge in [0.1, 0.15) is 5.78 Å². The van der Waals surface area contributed by atoms with Crippen molar-refractivity contribution in [3.8, 4) is 0 Å². The van der Waals surface area contributed by atoms with E-state index in [2.05, 4.69) is 10.2 Å². The van der Waals surface area contributed by atoms with E-state index in [4.69, 9.17) is 23.2 Å². The number of Topliss-reactive ketones (excluding diaryl/α,β-unsaturated/α-hetero) is 1. The molecule has 1 aromatic heterocycles. The second kappa shape index (κ2) is 3.24. The number of ketones is 1. The molecule has 0 unspecified atom stereocenters. The van der Waals surface area contributed by atoms with Crippen LogP contribution in [0.4, 0.5) is 0 Å². The molecule has 1 aliphatic carbocycles. The third-order valence-electron chi connectivity index (χ3n) is 2.13. The molecular weight excluding hydrogens is 211 g/mol. The maximum Gasteiger partial charge on any atom is 0.155 e. The Morgan fingerprint density at radius 1 is 1.31 bits per heavy atom. The van der Waals surface area contributed by atoms with Gasteiger partial charge in [-0.2, -0.15) is 0 Å². The zero-order valence-corrected chi connectivity index (χ0v) is 8.14. The van der Waals surface area contributed by atoms with Gasteiger partial charge in [0.2, 0.25) is 0 Å². The van der Waals surface area contributed by atoms with Crippen LogP contribution in [0.25, 0.3) is 0 Å². The zero-order valence-electron chi connectivity index (χ0n) is 6.63. The Labute approximate surface area is 85.1 Å². The average Bonchev–Trinajstić information content (AvgIpc) is 2.04. The van der Waals surface area contributed by atoms with E-state index in [9.17, 15) is 4.79 Å². The molecule has 1 heterocycles. The smallest absolute Gasteiger partial charge is 0.155 e. The molecule has 2 rings (SSSR count). The molecule has 1 saturated carbocycles. The summed E-state index contributed by atoms with van der Waals surface area (Å²) >= 11 is 11.5. The first-order valence-electron chi connectivity index (χ1n) is 3.87. The predicted octanol–water partition coefficient (Wildman–Crippen LogP) is 2.23. The van der Waals surface area contributed by atoms with Crippen LogP contribution in [0.1, 0.15) is 24.3 Å². The lowest BCUT2D eigenvalue weighted by atomic mass is 9.80. The number of nitrogens with zero attached hydrogens (tertiary/aromatic N) is 2. The topological polar surface area (TPSA) is 42.9 Å². The SMILES string of the molecule is O=C1CC(c2cc(Cl)nnc2Cl)C1. The second-order valence-electron chi connectivity index (χ2n) is 3.06. The quantitative estimate of drug-likeness (QED) is 0.724. The summed E-state index contributed by atoms with van der Waals surface area (Å²) < 4.78 is 0. The molecule has 0 atom stereocenters. The molecule has 0 amide bonds. The minimum Gasteiger partial charge on any atom is -0.300 e. The molecule has 1 fully saturated rings. The fraction of sp³-hybridized carbons (Fsp3) is 0.375. The molecule has 0 aromatic carbocycles. The number of carbonyl (C=O) groups is 1. The minimum absolute atomic E-state index is 0.188. The van der Waals surface area contributed by atoms with Gasteiger partial charge in [-0.15, -0.1) is 10.2 Å². The molecule has 1 aliphatic rings. The molecule has 13 heavy (non-hydrogen) atoms. The minimum atomic E-state index is 0.188. The highest BCUT2D eigenvalue weighted by molar-refractivity contribution is 6.31. The Morgan fingerprint density at radius 3 is 2.62 bits per heavy atom. The summed E-state index contributed by atoms with van der Waals surface area (Å²) in [5.41, 5.74) is 0.835. The van der Waals surface area contributed by atoms with Crippen LogP contribution < -0.4 is 0 Å². The van der Waals surface area contributed by atoms with Gasteiger partial charge in [0.05, 0.1) is 0 Å². The Bertz CT molecular complexity index is 359. The van der Waals surface area contributed by atoms with Crippen LogP contribution in [0.2, 0.25) is 10.3 Å². The summed E-state index contributed by atoms with van der Waals surface area (Å²) in [4.78, 5) is 10.8. The van der Waals surface area contributed by atoms with Gasteiger partial charge in [-0.25, -0.2) is 0 Å². The van der Waals surface area contributed by atoms with E-state index in [0.717, 1.165) is 5.56 Å². The number of carbonyl (C=O) groups excluding carboxylic acids is 1. The maximum absolute atomic E-state index is 10.8. The second-order valence-corrected chi connectivity index (χ2v) is 3.80. The van der Waals surface area contributed by atoms with Gasteiger partial charge in [-0.1, -0.05) is 23.2 Å². The highest BCUT2D eigenvalue weighted by Crippen LogP contribution is 2.36. The number of hydrogen-bond acceptors (Lipinski definition) is 3. The van der Waals surface area contributed by atoms with Crippen molar-refractivity contribution in [1.29, 1.82) is 0 Å². The molecule has 0 radical (unpaired) electrons. The first-order chi connectivity index (χ1) is 6.16. The van der Waals surface area contributed by atoms with Crippen molar-refractivity contribution in [3.63, 3.8) is 0 Å². The summed E-state index contributed by atoms with van der Waals surface area (Å²) in [6.45, 7) is 0. The van der Waals surface area contributed by atoms with Crippen molar-refractivity contribution >= 4 is 29.0 Å². The van der Waals surface area contributed by atoms with Crippen LogP contribution in [0, 0.1) is 0 Å². The van der Waals surface area contributed by atoms with E-state index >= 15 is 0 Å². The van der Waals surface area contributed by atoms with Crippen molar-refractivity contribution in [1.82, 2.24) is 10.2 Å². The van der Waals surface area contributed by atoms with Crippen molar-refractivity contribution in [2.75, 3.05) is 0 Å². The lowest BCUT2D eigenvalue weighted by Crippen LogP contribution is -2.21. The molecule has 5 heteroatoms. The van der Waals surface area contributed by atoms with Gasteiger partial charge in [0.25, 0.3) is 0 Å². The van der Waals surface area contributed by atoms with Gasteiger partial charge < -0.3 is 0 Å². The van der Waals surface area contributed by atoms with Gasteiger partial charge in [0, 0.05) is 18.8 Å². The number of halogens is 2. The van der Waals surface area contributed by atoms with Crippen molar-refractivity contribution in [2.45, 2.75) is 18.8 Å². The Morgan fingerprint density at radius 2 is 2.00 bits per heavy atom. The van der Waals surface area contributed by atoms with Crippen molar-refractivity contribution < 1.29 is 4.79 Å². The van der Waals surface area contributed by atoms with Crippen LogP contribution in [-0.2, 0) is 4.79 Å². The lowest BCUT2D eigenvalue weighted by Gasteiger charge is -2.24. The van der Waals surface area contributed by atoms with Crippen LogP contribution in [-0.4, -0.2) is 16.0 Å². The lowest BCUT2D eigenvalue weighted by molar-refractivity contribution is -0.124. The summed E-state index contributed by atoms with van der Waals surface area (Å²) in [5.74, 6) is 0.446. The van der Waals surface area contributed by atoms with Gasteiger partial charge in [-0.05, 0) is 11.6 Å². The fourth-order valence-corrected chi connectivity index (χ4v) is 1.76. The molecule has 0 aliphatic heterocycles. The van der Waals surface area contributed by atoms with Gasteiger partial charge in [0.15, 0.2) is 10.3 Å². The Hall–Kier alpha value is -0.670. The predicted molar refractivity (Wildman–Crippen MR) is 49.0 cm³/mol. The molecule has 0 spiro atoms. The average molecular weight is 217 g/mol.